The lowest BCUT2D eigenvalue weighted by Gasteiger charge is -2.32. The lowest BCUT2D eigenvalue weighted by Crippen LogP contribution is -2.41. The van der Waals surface area contributed by atoms with E-state index in [9.17, 15) is 0 Å². The normalized spacial score (nSPS) is 26.9. The summed E-state index contributed by atoms with van der Waals surface area (Å²) < 4.78 is 11.4. The molecule has 1 aliphatic heterocycles. The third-order valence-corrected chi connectivity index (χ3v) is 2.76. The van der Waals surface area contributed by atoms with E-state index in [1.54, 1.807) is 0 Å². The molecule has 1 heterocycles. The van der Waals surface area contributed by atoms with E-state index >= 15 is 0 Å². The highest BCUT2D eigenvalue weighted by atomic mass is 31.0. The van der Waals surface area contributed by atoms with Crippen LogP contribution in [0.4, 0.5) is 0 Å². The summed E-state index contributed by atoms with van der Waals surface area (Å²) in [5, 5.41) is 0. The Morgan fingerprint density at radius 2 is 1.50 bits per heavy atom. The standard InChI is InChI=1S/C8H16BO2P/c1-7(2)8(3,4)11-9(10-7)5-6-12/h5-6H,12H2,1-4H3/b6-5+. The average molecular weight is 186 g/mol. The molecule has 1 unspecified atom stereocenters. The summed E-state index contributed by atoms with van der Waals surface area (Å²) in [5.41, 5.74) is -0.441. The summed E-state index contributed by atoms with van der Waals surface area (Å²) in [6, 6.07) is 0. The van der Waals surface area contributed by atoms with Crippen molar-refractivity contribution >= 4 is 16.4 Å². The molecule has 0 amide bonds. The Morgan fingerprint density at radius 3 is 1.83 bits per heavy atom. The van der Waals surface area contributed by atoms with Crippen LogP contribution in [0.5, 0.6) is 0 Å². The highest BCUT2D eigenvalue weighted by Gasteiger charge is 2.49. The molecule has 4 heteroatoms. The van der Waals surface area contributed by atoms with E-state index in [-0.39, 0.29) is 18.3 Å². The van der Waals surface area contributed by atoms with Gasteiger partial charge in [0.15, 0.2) is 0 Å². The molecule has 1 atom stereocenters. The van der Waals surface area contributed by atoms with E-state index in [1.165, 1.54) is 0 Å². The van der Waals surface area contributed by atoms with Gasteiger partial charge in [0.25, 0.3) is 0 Å². The molecule has 0 radical (unpaired) electrons. The van der Waals surface area contributed by atoms with Crippen molar-refractivity contribution in [1.29, 1.82) is 0 Å². The zero-order chi connectivity index (χ0) is 9.41. The summed E-state index contributed by atoms with van der Waals surface area (Å²) >= 11 is 0. The second kappa shape index (κ2) is 3.14. The van der Waals surface area contributed by atoms with Crippen molar-refractivity contribution in [3.05, 3.63) is 11.8 Å². The Balaban J connectivity index is 2.74. The van der Waals surface area contributed by atoms with Gasteiger partial charge in [-0.2, -0.15) is 0 Å². The first-order chi connectivity index (χ1) is 5.39. The number of hydrogen-bond acceptors (Lipinski definition) is 2. The summed E-state index contributed by atoms with van der Waals surface area (Å²) in [4.78, 5) is 0. The van der Waals surface area contributed by atoms with Crippen LogP contribution in [-0.4, -0.2) is 18.3 Å². The monoisotopic (exact) mass is 186 g/mol. The van der Waals surface area contributed by atoms with Gasteiger partial charge in [0.05, 0.1) is 11.2 Å². The fraction of sp³-hybridized carbons (Fsp3) is 0.750. The van der Waals surface area contributed by atoms with E-state index in [1.807, 2.05) is 39.5 Å². The first-order valence-electron chi connectivity index (χ1n) is 4.13. The molecule has 1 fully saturated rings. The summed E-state index contributed by atoms with van der Waals surface area (Å²) in [6.45, 7) is 8.18. The van der Waals surface area contributed by atoms with Gasteiger partial charge in [0.1, 0.15) is 0 Å². The van der Waals surface area contributed by atoms with Crippen LogP contribution in [0.15, 0.2) is 11.8 Å². The first kappa shape index (κ1) is 10.2. The predicted octanol–water partition coefficient (Wildman–Crippen LogP) is 2.01. The van der Waals surface area contributed by atoms with Gasteiger partial charge >= 0.3 is 7.12 Å². The van der Waals surface area contributed by atoms with Crippen LogP contribution in [0.25, 0.3) is 0 Å². The van der Waals surface area contributed by atoms with Gasteiger partial charge < -0.3 is 9.31 Å². The van der Waals surface area contributed by atoms with Crippen LogP contribution >= 0.6 is 9.24 Å². The third-order valence-electron chi connectivity index (χ3n) is 2.54. The second-order valence-electron chi connectivity index (χ2n) is 4.01. The van der Waals surface area contributed by atoms with Crippen molar-refractivity contribution in [1.82, 2.24) is 0 Å². The summed E-state index contributed by atoms with van der Waals surface area (Å²) in [7, 11) is 2.31. The Morgan fingerprint density at radius 1 is 1.08 bits per heavy atom. The maximum absolute atomic E-state index is 5.68. The minimum atomic E-state index is -0.220. The van der Waals surface area contributed by atoms with Gasteiger partial charge in [-0.1, -0.05) is 11.8 Å². The summed E-state index contributed by atoms with van der Waals surface area (Å²) in [5.74, 6) is 3.75. The van der Waals surface area contributed by atoms with Gasteiger partial charge in [-0.25, -0.2) is 0 Å². The fourth-order valence-electron chi connectivity index (χ4n) is 1.06. The lowest BCUT2D eigenvalue weighted by molar-refractivity contribution is 0.00578. The Kier molecular flexibility index (Phi) is 2.67. The average Bonchev–Trinajstić information content (AvgIpc) is 2.02. The molecule has 1 aliphatic rings. The van der Waals surface area contributed by atoms with Crippen LogP contribution in [0, 0.1) is 0 Å². The number of rotatable bonds is 1. The maximum Gasteiger partial charge on any atom is 0.487 e. The second-order valence-corrected chi connectivity index (χ2v) is 4.39. The van der Waals surface area contributed by atoms with Crippen molar-refractivity contribution in [2.75, 3.05) is 0 Å². The van der Waals surface area contributed by atoms with Crippen LogP contribution < -0.4 is 0 Å². The largest absolute Gasteiger partial charge is 0.487 e. The molecule has 2 nitrogen and oxygen atoms in total. The van der Waals surface area contributed by atoms with Crippen molar-refractivity contribution in [2.24, 2.45) is 0 Å². The highest BCUT2D eigenvalue weighted by molar-refractivity contribution is 7.21. The molecule has 1 saturated heterocycles. The topological polar surface area (TPSA) is 18.5 Å². The van der Waals surface area contributed by atoms with E-state index in [0.29, 0.717) is 0 Å². The minimum Gasteiger partial charge on any atom is -0.400 e. The molecule has 0 saturated carbocycles. The molecule has 68 valence electrons. The maximum atomic E-state index is 5.68. The fourth-order valence-corrected chi connectivity index (χ4v) is 1.24. The van der Waals surface area contributed by atoms with Gasteiger partial charge in [-0.3, -0.25) is 0 Å². The Hall–Kier alpha value is 0.155. The zero-order valence-electron chi connectivity index (χ0n) is 8.13. The van der Waals surface area contributed by atoms with Crippen molar-refractivity contribution in [3.8, 4) is 0 Å². The van der Waals surface area contributed by atoms with E-state index in [2.05, 4.69) is 9.24 Å². The third kappa shape index (κ3) is 1.73. The Bertz CT molecular complexity index is 185. The van der Waals surface area contributed by atoms with E-state index < -0.39 is 0 Å². The van der Waals surface area contributed by atoms with Crippen LogP contribution in [0.1, 0.15) is 27.7 Å². The highest BCUT2D eigenvalue weighted by Crippen LogP contribution is 2.36. The zero-order valence-corrected chi connectivity index (χ0v) is 9.28. The van der Waals surface area contributed by atoms with Crippen LogP contribution in [0.3, 0.4) is 0 Å². The predicted molar refractivity (Wildman–Crippen MR) is 54.9 cm³/mol. The van der Waals surface area contributed by atoms with Crippen molar-refractivity contribution < 1.29 is 9.31 Å². The Labute approximate surface area is 77.0 Å². The molecule has 0 spiro atoms. The van der Waals surface area contributed by atoms with Crippen molar-refractivity contribution in [2.45, 2.75) is 38.9 Å². The molecule has 0 N–H and O–H groups in total. The number of hydrogen-bond donors (Lipinski definition) is 0. The molecule has 0 aromatic rings. The minimum absolute atomic E-state index is 0.201. The van der Waals surface area contributed by atoms with Gasteiger partial charge in [-0.15, -0.1) is 9.24 Å². The quantitative estimate of drug-likeness (QED) is 0.460. The molecule has 0 aromatic heterocycles. The molecule has 1 rings (SSSR count). The SMILES string of the molecule is CC1(C)OB(/C=C/P)OC1(C)C. The molecule has 0 bridgehead atoms. The molecule has 0 aromatic carbocycles. The first-order valence-corrected chi connectivity index (χ1v) is 4.80. The van der Waals surface area contributed by atoms with Gasteiger partial charge in [0.2, 0.25) is 0 Å². The van der Waals surface area contributed by atoms with Crippen LogP contribution in [0.2, 0.25) is 0 Å². The molecule has 12 heavy (non-hydrogen) atoms. The summed E-state index contributed by atoms with van der Waals surface area (Å²) in [6.07, 6.45) is 0. The smallest absolute Gasteiger partial charge is 0.400 e. The molecular weight excluding hydrogens is 170 g/mol. The van der Waals surface area contributed by atoms with E-state index in [4.69, 9.17) is 9.31 Å². The van der Waals surface area contributed by atoms with Crippen molar-refractivity contribution in [3.63, 3.8) is 0 Å². The molecular formula is C8H16BO2P. The van der Waals surface area contributed by atoms with Crippen LogP contribution in [-0.2, 0) is 9.31 Å². The molecule has 0 aliphatic carbocycles. The van der Waals surface area contributed by atoms with E-state index in [0.717, 1.165) is 0 Å². The lowest BCUT2D eigenvalue weighted by atomic mass is 9.90. The van der Waals surface area contributed by atoms with Gasteiger partial charge in [0, 0.05) is 0 Å². The van der Waals surface area contributed by atoms with Gasteiger partial charge in [-0.05, 0) is 27.7 Å².